The zero-order chi connectivity index (χ0) is 16.0. The zero-order valence-corrected chi connectivity index (χ0v) is 12.4. The molecule has 0 saturated heterocycles. The van der Waals surface area contributed by atoms with Gasteiger partial charge in [-0.15, -0.1) is 0 Å². The van der Waals surface area contributed by atoms with Crippen LogP contribution in [-0.4, -0.2) is 34.2 Å². The Morgan fingerprint density at radius 1 is 1.13 bits per heavy atom. The molecule has 0 unspecified atom stereocenters. The lowest BCUT2D eigenvalue weighted by molar-refractivity contribution is 0.865. The van der Waals surface area contributed by atoms with Crippen LogP contribution in [-0.2, 0) is 0 Å². The molecule has 0 amide bonds. The third-order valence-corrected chi connectivity index (χ3v) is 3.38. The highest BCUT2D eigenvalue weighted by Crippen LogP contribution is 2.09. The van der Waals surface area contributed by atoms with E-state index < -0.39 is 0 Å². The first-order valence-electron chi connectivity index (χ1n) is 6.91. The van der Waals surface area contributed by atoms with Gasteiger partial charge < -0.3 is 0 Å². The molecule has 114 valence electrons. The Morgan fingerprint density at radius 2 is 1.91 bits per heavy atom. The van der Waals surface area contributed by atoms with Crippen molar-refractivity contribution in [2.24, 2.45) is 0 Å². The molecule has 23 heavy (non-hydrogen) atoms. The van der Waals surface area contributed by atoms with E-state index in [1.165, 1.54) is 21.7 Å². The van der Waals surface area contributed by atoms with E-state index in [1.807, 2.05) is 19.9 Å². The first-order valence-corrected chi connectivity index (χ1v) is 6.91. The molecule has 0 atom stereocenters. The van der Waals surface area contributed by atoms with Crippen LogP contribution in [0.4, 0.5) is 5.95 Å². The molecule has 9 nitrogen and oxygen atoms in total. The average molecular weight is 308 g/mol. The van der Waals surface area contributed by atoms with Crippen LogP contribution < -0.4 is 11.0 Å². The second-order valence-corrected chi connectivity index (χ2v) is 5.11. The van der Waals surface area contributed by atoms with E-state index in [-0.39, 0.29) is 5.56 Å². The number of hydrogen-bond acceptors (Lipinski definition) is 7. The van der Waals surface area contributed by atoms with E-state index in [0.717, 1.165) is 11.4 Å². The van der Waals surface area contributed by atoms with Gasteiger partial charge in [-0.1, -0.05) is 0 Å². The SMILES string of the molecule is Cc1cc(C)nc(Nn2ccc3c(cnc4ncnn43)c2=O)n1. The van der Waals surface area contributed by atoms with Crippen LogP contribution >= 0.6 is 0 Å². The third-order valence-electron chi connectivity index (χ3n) is 3.38. The lowest BCUT2D eigenvalue weighted by atomic mass is 10.3. The summed E-state index contributed by atoms with van der Waals surface area (Å²) >= 11 is 0. The van der Waals surface area contributed by atoms with E-state index in [1.54, 1.807) is 12.3 Å². The van der Waals surface area contributed by atoms with Crippen LogP contribution in [0, 0.1) is 13.8 Å². The maximum atomic E-state index is 12.6. The van der Waals surface area contributed by atoms with Crippen LogP contribution in [0.5, 0.6) is 0 Å². The molecule has 4 aromatic heterocycles. The molecular formula is C14H12N8O. The molecule has 0 aliphatic rings. The molecule has 9 heteroatoms. The average Bonchev–Trinajstić information content (AvgIpc) is 2.97. The minimum atomic E-state index is -0.268. The van der Waals surface area contributed by atoms with Crippen LogP contribution in [0.3, 0.4) is 0 Å². The number of pyridine rings is 1. The predicted octanol–water partition coefficient (Wildman–Crippen LogP) is 0.721. The highest BCUT2D eigenvalue weighted by atomic mass is 16.1. The van der Waals surface area contributed by atoms with Gasteiger partial charge in [0.05, 0.1) is 10.9 Å². The Balaban J connectivity index is 1.86. The largest absolute Gasteiger partial charge is 0.280 e. The summed E-state index contributed by atoms with van der Waals surface area (Å²) in [6.07, 6.45) is 4.49. The molecule has 0 aromatic carbocycles. The molecule has 4 heterocycles. The molecule has 0 radical (unpaired) electrons. The van der Waals surface area contributed by atoms with Gasteiger partial charge in [0.1, 0.15) is 6.33 Å². The molecule has 0 fully saturated rings. The minimum Gasteiger partial charge on any atom is -0.267 e. The molecular weight excluding hydrogens is 296 g/mol. The third kappa shape index (κ3) is 2.18. The standard InChI is InChI=1S/C14H12N8O/c1-8-5-9(2)19-13(18-8)20-21-4-3-11-10(12(21)23)6-15-14-16-7-17-22(11)14/h3-7H,1-2H3,(H,18,19,20). The fourth-order valence-corrected chi connectivity index (χ4v) is 2.44. The van der Waals surface area contributed by atoms with Gasteiger partial charge in [0.15, 0.2) is 0 Å². The van der Waals surface area contributed by atoms with Crippen molar-refractivity contribution in [3.63, 3.8) is 0 Å². The van der Waals surface area contributed by atoms with Gasteiger partial charge >= 0.3 is 0 Å². The summed E-state index contributed by atoms with van der Waals surface area (Å²) in [5, 5.41) is 4.49. The number of hydrogen-bond donors (Lipinski definition) is 1. The van der Waals surface area contributed by atoms with Gasteiger partial charge in [-0.25, -0.2) is 19.6 Å². The van der Waals surface area contributed by atoms with Crippen molar-refractivity contribution in [2.45, 2.75) is 13.8 Å². The summed E-state index contributed by atoms with van der Waals surface area (Å²) in [4.78, 5) is 29.3. The Bertz CT molecular complexity index is 1080. The molecule has 4 aromatic rings. The second-order valence-electron chi connectivity index (χ2n) is 5.11. The quantitative estimate of drug-likeness (QED) is 0.582. The number of nitrogens with one attached hydrogen (secondary N) is 1. The molecule has 0 aliphatic carbocycles. The van der Waals surface area contributed by atoms with Gasteiger partial charge in [0.2, 0.25) is 5.95 Å². The summed E-state index contributed by atoms with van der Waals surface area (Å²) < 4.78 is 2.84. The van der Waals surface area contributed by atoms with Crippen molar-refractivity contribution >= 4 is 22.6 Å². The number of rotatable bonds is 2. The van der Waals surface area contributed by atoms with Crippen molar-refractivity contribution in [1.82, 2.24) is 34.2 Å². The fourth-order valence-electron chi connectivity index (χ4n) is 2.44. The normalized spacial score (nSPS) is 11.2. The molecule has 0 bridgehead atoms. The van der Waals surface area contributed by atoms with Crippen molar-refractivity contribution in [3.05, 3.63) is 52.6 Å². The molecule has 0 saturated carbocycles. The van der Waals surface area contributed by atoms with Crippen molar-refractivity contribution in [1.29, 1.82) is 0 Å². The van der Waals surface area contributed by atoms with Crippen LogP contribution in [0.25, 0.3) is 16.7 Å². The van der Waals surface area contributed by atoms with Crippen LogP contribution in [0.15, 0.2) is 35.6 Å². The van der Waals surface area contributed by atoms with Crippen molar-refractivity contribution in [3.8, 4) is 0 Å². The number of nitrogens with zero attached hydrogens (tertiary/aromatic N) is 7. The van der Waals surface area contributed by atoms with Gasteiger partial charge in [-0.3, -0.25) is 10.2 Å². The summed E-state index contributed by atoms with van der Waals surface area (Å²) in [6.45, 7) is 3.74. The molecule has 1 N–H and O–H groups in total. The van der Waals surface area contributed by atoms with E-state index in [2.05, 4.69) is 30.5 Å². The lowest BCUT2D eigenvalue weighted by Crippen LogP contribution is -2.27. The molecule has 0 spiro atoms. The smallest absolute Gasteiger partial charge is 0.267 e. The topological polar surface area (TPSA) is 103 Å². The number of aryl methyl sites for hydroxylation is 2. The first-order chi connectivity index (χ1) is 11.1. The number of fused-ring (bicyclic) bond motifs is 3. The number of anilines is 1. The van der Waals surface area contributed by atoms with E-state index in [4.69, 9.17) is 0 Å². The predicted molar refractivity (Wildman–Crippen MR) is 83.1 cm³/mol. The Hall–Kier alpha value is -3.36. The highest BCUT2D eigenvalue weighted by molar-refractivity contribution is 5.78. The van der Waals surface area contributed by atoms with E-state index in [0.29, 0.717) is 22.6 Å². The minimum absolute atomic E-state index is 0.268. The first kappa shape index (κ1) is 13.3. The number of aromatic nitrogens is 7. The van der Waals surface area contributed by atoms with Gasteiger partial charge in [0.25, 0.3) is 11.3 Å². The van der Waals surface area contributed by atoms with E-state index >= 15 is 0 Å². The van der Waals surface area contributed by atoms with Gasteiger partial charge in [0, 0.05) is 23.8 Å². The highest BCUT2D eigenvalue weighted by Gasteiger charge is 2.09. The Labute approximate surface area is 129 Å². The van der Waals surface area contributed by atoms with Crippen LogP contribution in [0.1, 0.15) is 11.4 Å². The lowest BCUT2D eigenvalue weighted by Gasteiger charge is -2.10. The van der Waals surface area contributed by atoms with Gasteiger partial charge in [-0.05, 0) is 26.0 Å². The molecule has 0 aliphatic heterocycles. The van der Waals surface area contributed by atoms with E-state index in [9.17, 15) is 4.79 Å². The fraction of sp³-hybridized carbons (Fsp3) is 0.143. The summed E-state index contributed by atoms with van der Waals surface area (Å²) in [5.41, 5.74) is 4.90. The second kappa shape index (κ2) is 4.83. The van der Waals surface area contributed by atoms with Crippen molar-refractivity contribution in [2.75, 3.05) is 5.43 Å². The Kier molecular flexibility index (Phi) is 2.80. The Morgan fingerprint density at radius 3 is 2.70 bits per heavy atom. The summed E-state index contributed by atoms with van der Waals surface area (Å²) in [5.74, 6) is 0.805. The summed E-state index contributed by atoms with van der Waals surface area (Å²) in [7, 11) is 0. The van der Waals surface area contributed by atoms with Crippen LogP contribution in [0.2, 0.25) is 0 Å². The van der Waals surface area contributed by atoms with Gasteiger partial charge in [-0.2, -0.15) is 14.6 Å². The monoisotopic (exact) mass is 308 g/mol. The maximum Gasteiger partial charge on any atom is 0.280 e. The van der Waals surface area contributed by atoms with Crippen molar-refractivity contribution < 1.29 is 0 Å². The molecule has 4 rings (SSSR count). The zero-order valence-electron chi connectivity index (χ0n) is 12.4. The maximum absolute atomic E-state index is 12.6. The summed E-state index contributed by atoms with van der Waals surface area (Å²) in [6, 6.07) is 3.62.